The molecule has 0 amide bonds. The third kappa shape index (κ3) is 4.05. The van der Waals surface area contributed by atoms with Gasteiger partial charge in [-0.3, -0.25) is 4.79 Å². The van der Waals surface area contributed by atoms with Gasteiger partial charge in [-0.25, -0.2) is 4.79 Å². The number of benzene rings is 2. The molecule has 11 heteroatoms. The van der Waals surface area contributed by atoms with Gasteiger partial charge >= 0.3 is 5.97 Å². The lowest BCUT2D eigenvalue weighted by atomic mass is 9.99. The SMILES string of the molecule is COC(=O)[C@H]1OC(Oc2cc3oc(-c4ccccc4)cc(=O)c3c(O)c2OC)[C@H](O)[C@@H](O)[C@@H]1O. The Kier molecular flexibility index (Phi) is 6.44. The van der Waals surface area contributed by atoms with Crippen LogP contribution in [0.4, 0.5) is 0 Å². The van der Waals surface area contributed by atoms with Crippen LogP contribution in [0.2, 0.25) is 0 Å². The first-order chi connectivity index (χ1) is 16.3. The Morgan fingerprint density at radius 3 is 2.35 bits per heavy atom. The Labute approximate surface area is 192 Å². The Morgan fingerprint density at radius 1 is 1.00 bits per heavy atom. The fourth-order valence-electron chi connectivity index (χ4n) is 3.67. The first kappa shape index (κ1) is 23.5. The summed E-state index contributed by atoms with van der Waals surface area (Å²) in [5, 5.41) is 41.1. The van der Waals surface area contributed by atoms with E-state index < -0.39 is 47.9 Å². The molecular weight excluding hydrogens is 452 g/mol. The quantitative estimate of drug-likeness (QED) is 0.381. The number of phenols is 1. The van der Waals surface area contributed by atoms with E-state index in [1.54, 1.807) is 30.3 Å². The van der Waals surface area contributed by atoms with E-state index in [4.69, 9.17) is 18.6 Å². The number of rotatable bonds is 5. The summed E-state index contributed by atoms with van der Waals surface area (Å²) in [4.78, 5) is 24.7. The number of carbonyl (C=O) groups is 1. The molecule has 11 nitrogen and oxygen atoms in total. The van der Waals surface area contributed by atoms with Crippen LogP contribution in [0.25, 0.3) is 22.3 Å². The lowest BCUT2D eigenvalue weighted by Gasteiger charge is -2.38. The van der Waals surface area contributed by atoms with Crippen molar-refractivity contribution in [2.45, 2.75) is 30.7 Å². The van der Waals surface area contributed by atoms with Crippen LogP contribution in [0.15, 0.2) is 51.7 Å². The molecule has 4 N–H and O–H groups in total. The van der Waals surface area contributed by atoms with E-state index in [0.29, 0.717) is 5.56 Å². The molecule has 1 aliphatic heterocycles. The molecule has 0 spiro atoms. The second kappa shape index (κ2) is 9.31. The van der Waals surface area contributed by atoms with Crippen molar-refractivity contribution < 1.29 is 48.6 Å². The first-order valence-electron chi connectivity index (χ1n) is 10.1. The minimum Gasteiger partial charge on any atom is -0.504 e. The van der Waals surface area contributed by atoms with Crippen molar-refractivity contribution in [2.75, 3.05) is 14.2 Å². The molecule has 2 aromatic carbocycles. The molecule has 34 heavy (non-hydrogen) atoms. The average molecular weight is 474 g/mol. The van der Waals surface area contributed by atoms with Gasteiger partial charge in [0, 0.05) is 17.7 Å². The number of carbonyl (C=O) groups excluding carboxylic acids is 1. The number of hydrogen-bond donors (Lipinski definition) is 4. The third-order valence-electron chi connectivity index (χ3n) is 5.42. The Morgan fingerprint density at radius 2 is 1.71 bits per heavy atom. The van der Waals surface area contributed by atoms with Gasteiger partial charge in [-0.15, -0.1) is 0 Å². The minimum absolute atomic E-state index is 0.0601. The van der Waals surface area contributed by atoms with E-state index in [0.717, 1.165) is 7.11 Å². The van der Waals surface area contributed by atoms with Crippen molar-refractivity contribution in [3.8, 4) is 28.6 Å². The fourth-order valence-corrected chi connectivity index (χ4v) is 3.67. The molecule has 1 aromatic heterocycles. The third-order valence-corrected chi connectivity index (χ3v) is 5.42. The highest BCUT2D eigenvalue weighted by molar-refractivity contribution is 5.89. The van der Waals surface area contributed by atoms with Gasteiger partial charge in [0.05, 0.1) is 14.2 Å². The Hall–Kier alpha value is -3.64. The Bertz CT molecular complexity index is 1250. The van der Waals surface area contributed by atoms with Crippen molar-refractivity contribution >= 4 is 16.9 Å². The largest absolute Gasteiger partial charge is 0.504 e. The number of esters is 1. The summed E-state index contributed by atoms with van der Waals surface area (Å²) < 4.78 is 26.5. The highest BCUT2D eigenvalue weighted by atomic mass is 16.7. The van der Waals surface area contributed by atoms with Crippen LogP contribution >= 0.6 is 0 Å². The highest BCUT2D eigenvalue weighted by Gasteiger charge is 2.48. The highest BCUT2D eigenvalue weighted by Crippen LogP contribution is 2.43. The molecule has 180 valence electrons. The Balaban J connectivity index is 1.78. The van der Waals surface area contributed by atoms with Crippen molar-refractivity contribution in [3.63, 3.8) is 0 Å². The van der Waals surface area contributed by atoms with E-state index in [2.05, 4.69) is 4.74 Å². The van der Waals surface area contributed by atoms with Crippen LogP contribution < -0.4 is 14.9 Å². The van der Waals surface area contributed by atoms with Gasteiger partial charge in [0.25, 0.3) is 0 Å². The lowest BCUT2D eigenvalue weighted by molar-refractivity contribution is -0.272. The number of fused-ring (bicyclic) bond motifs is 1. The molecule has 2 heterocycles. The van der Waals surface area contributed by atoms with Crippen molar-refractivity contribution in [1.82, 2.24) is 0 Å². The number of aromatic hydroxyl groups is 1. The maximum atomic E-state index is 12.8. The predicted octanol–water partition coefficient (Wildman–Crippen LogP) is 0.534. The molecule has 4 rings (SSSR count). The van der Waals surface area contributed by atoms with Gasteiger partial charge < -0.3 is 43.8 Å². The van der Waals surface area contributed by atoms with Crippen LogP contribution in [-0.2, 0) is 14.3 Å². The summed E-state index contributed by atoms with van der Waals surface area (Å²) >= 11 is 0. The van der Waals surface area contributed by atoms with Crippen molar-refractivity contribution in [3.05, 3.63) is 52.7 Å². The number of hydrogen-bond acceptors (Lipinski definition) is 11. The van der Waals surface area contributed by atoms with Crippen LogP contribution in [0, 0.1) is 0 Å². The predicted molar refractivity (Wildman–Crippen MR) is 115 cm³/mol. The van der Waals surface area contributed by atoms with E-state index in [1.165, 1.54) is 19.2 Å². The molecule has 0 radical (unpaired) electrons. The molecular formula is C23H22O11. The summed E-state index contributed by atoms with van der Waals surface area (Å²) in [6.07, 6.45) is -8.72. The number of aliphatic hydroxyl groups is 3. The summed E-state index contributed by atoms with van der Waals surface area (Å²) in [5.41, 5.74) is 0.0131. The summed E-state index contributed by atoms with van der Waals surface area (Å²) in [6, 6.07) is 11.3. The minimum atomic E-state index is -1.81. The fraction of sp³-hybridized carbons (Fsp3) is 0.304. The number of aliphatic hydroxyl groups excluding tert-OH is 3. The second-order valence-corrected chi connectivity index (χ2v) is 7.51. The van der Waals surface area contributed by atoms with Crippen molar-refractivity contribution in [1.29, 1.82) is 0 Å². The van der Waals surface area contributed by atoms with Gasteiger partial charge in [0.15, 0.2) is 23.0 Å². The zero-order valence-corrected chi connectivity index (χ0v) is 18.1. The molecule has 5 atom stereocenters. The van der Waals surface area contributed by atoms with E-state index in [1.807, 2.05) is 0 Å². The maximum Gasteiger partial charge on any atom is 0.337 e. The van der Waals surface area contributed by atoms with E-state index >= 15 is 0 Å². The van der Waals surface area contributed by atoms with Gasteiger partial charge in [0.2, 0.25) is 12.0 Å². The molecule has 3 aromatic rings. The average Bonchev–Trinajstić information content (AvgIpc) is 2.84. The number of ether oxygens (including phenoxy) is 4. The topological polar surface area (TPSA) is 165 Å². The van der Waals surface area contributed by atoms with E-state index in [-0.39, 0.29) is 28.2 Å². The molecule has 1 fully saturated rings. The molecule has 1 saturated heterocycles. The summed E-state index contributed by atoms with van der Waals surface area (Å²) in [5.74, 6) is -1.86. The summed E-state index contributed by atoms with van der Waals surface area (Å²) in [7, 11) is 2.27. The monoisotopic (exact) mass is 474 g/mol. The van der Waals surface area contributed by atoms with Gasteiger partial charge in [0.1, 0.15) is 35.0 Å². The second-order valence-electron chi connectivity index (χ2n) is 7.51. The lowest BCUT2D eigenvalue weighted by Crippen LogP contribution is -2.61. The van der Waals surface area contributed by atoms with Crippen LogP contribution in [0.3, 0.4) is 0 Å². The van der Waals surface area contributed by atoms with Gasteiger partial charge in [-0.1, -0.05) is 30.3 Å². The molecule has 0 saturated carbocycles. The zero-order chi connectivity index (χ0) is 24.6. The molecule has 1 aliphatic rings. The molecule has 0 aliphatic carbocycles. The zero-order valence-electron chi connectivity index (χ0n) is 18.1. The number of methoxy groups -OCH3 is 2. The van der Waals surface area contributed by atoms with Gasteiger partial charge in [-0.2, -0.15) is 0 Å². The van der Waals surface area contributed by atoms with Gasteiger partial charge in [-0.05, 0) is 0 Å². The maximum absolute atomic E-state index is 12.8. The normalized spacial score (nSPS) is 24.6. The summed E-state index contributed by atoms with van der Waals surface area (Å²) in [6.45, 7) is 0. The van der Waals surface area contributed by atoms with Crippen LogP contribution in [-0.4, -0.2) is 71.3 Å². The van der Waals surface area contributed by atoms with E-state index in [9.17, 15) is 30.0 Å². The van der Waals surface area contributed by atoms with Crippen LogP contribution in [0.1, 0.15) is 0 Å². The molecule has 1 unspecified atom stereocenters. The number of phenolic OH excluding ortho intramolecular Hbond substituents is 1. The first-order valence-corrected chi connectivity index (χ1v) is 10.1. The van der Waals surface area contributed by atoms with Crippen LogP contribution in [0.5, 0.6) is 17.2 Å². The standard InChI is InChI=1S/C23H22O11/c1-30-20-14(33-23-19(28)17(26)18(27)21(34-23)22(29)31-2)9-13-15(16(20)25)11(24)8-12(32-13)10-6-4-3-5-7-10/h3-9,17-19,21,23,25-28H,1-2H3/t17-,18-,19+,21-,23?/m0/s1. The molecule has 0 bridgehead atoms. The smallest absolute Gasteiger partial charge is 0.337 e. The van der Waals surface area contributed by atoms with Crippen molar-refractivity contribution in [2.24, 2.45) is 0 Å².